The van der Waals surface area contributed by atoms with Crippen molar-refractivity contribution in [3.63, 3.8) is 0 Å². The molecule has 0 spiro atoms. The van der Waals surface area contributed by atoms with Crippen molar-refractivity contribution in [1.29, 1.82) is 0 Å². The normalized spacial score (nSPS) is 20.2. The summed E-state index contributed by atoms with van der Waals surface area (Å²) in [5.74, 6) is -1.01. The number of nitrogens with one attached hydrogen (secondary N) is 1. The lowest BCUT2D eigenvalue weighted by Gasteiger charge is -2.12. The molecule has 1 saturated carbocycles. The van der Waals surface area contributed by atoms with Crippen molar-refractivity contribution < 1.29 is 14.7 Å². The molecule has 2 atom stereocenters. The largest absolute Gasteiger partial charge is 0.481 e. The van der Waals surface area contributed by atoms with E-state index in [-0.39, 0.29) is 17.9 Å². The molecule has 0 aromatic heterocycles. The number of fused-ring (bicyclic) bond motifs is 1. The molecule has 1 aliphatic carbocycles. The highest BCUT2D eigenvalue weighted by Crippen LogP contribution is 2.25. The number of carbonyl (C=O) groups is 2. The number of aliphatic carboxylic acids is 1. The van der Waals surface area contributed by atoms with E-state index in [1.165, 1.54) is 16.3 Å². The minimum absolute atomic E-state index is 0.0271. The minimum atomic E-state index is -0.747. The van der Waals surface area contributed by atoms with Crippen LogP contribution in [0.3, 0.4) is 0 Å². The van der Waals surface area contributed by atoms with Crippen LogP contribution in [0.4, 0.5) is 0 Å². The van der Waals surface area contributed by atoms with E-state index in [0.29, 0.717) is 19.3 Å². The van der Waals surface area contributed by atoms with E-state index in [1.807, 2.05) is 12.1 Å². The molecule has 4 nitrogen and oxygen atoms in total. The van der Waals surface area contributed by atoms with Crippen LogP contribution in [0.25, 0.3) is 10.8 Å². The van der Waals surface area contributed by atoms with Crippen molar-refractivity contribution in [2.75, 3.05) is 0 Å². The second kappa shape index (κ2) is 7.47. The lowest BCUT2D eigenvalue weighted by Crippen LogP contribution is -2.33. The number of benzene rings is 2. The Morgan fingerprint density at radius 3 is 2.62 bits per heavy atom. The SMILES string of the molecule is O=C(CCCc1ccc2ccccc2c1)N[C@@H]1CC[C@H](C(=O)O)C1. The third-order valence-electron chi connectivity index (χ3n) is 4.83. The molecule has 2 aromatic rings. The Morgan fingerprint density at radius 1 is 1.08 bits per heavy atom. The topological polar surface area (TPSA) is 66.4 Å². The van der Waals surface area contributed by atoms with E-state index in [2.05, 4.69) is 35.6 Å². The second-order valence-electron chi connectivity index (χ2n) is 6.65. The molecule has 2 aromatic carbocycles. The zero-order chi connectivity index (χ0) is 16.9. The molecule has 0 aliphatic heterocycles. The quantitative estimate of drug-likeness (QED) is 0.854. The van der Waals surface area contributed by atoms with Gasteiger partial charge in [-0.1, -0.05) is 42.5 Å². The fourth-order valence-electron chi connectivity index (χ4n) is 3.48. The molecule has 0 unspecified atom stereocenters. The van der Waals surface area contributed by atoms with Gasteiger partial charge in [0, 0.05) is 12.5 Å². The summed E-state index contributed by atoms with van der Waals surface area (Å²) in [6, 6.07) is 14.7. The average Bonchev–Trinajstić information content (AvgIpc) is 3.03. The van der Waals surface area contributed by atoms with Crippen LogP contribution in [0.15, 0.2) is 42.5 Å². The summed E-state index contributed by atoms with van der Waals surface area (Å²) >= 11 is 0. The molecule has 1 amide bonds. The van der Waals surface area contributed by atoms with Gasteiger partial charge >= 0.3 is 5.97 Å². The zero-order valence-electron chi connectivity index (χ0n) is 13.7. The Labute approximate surface area is 141 Å². The number of carbonyl (C=O) groups excluding carboxylic acids is 1. The Kier molecular flexibility index (Phi) is 5.14. The lowest BCUT2D eigenvalue weighted by atomic mass is 10.0. The van der Waals surface area contributed by atoms with Gasteiger partial charge in [0.15, 0.2) is 0 Å². The molecule has 0 bridgehead atoms. The number of amides is 1. The van der Waals surface area contributed by atoms with Gasteiger partial charge < -0.3 is 10.4 Å². The van der Waals surface area contributed by atoms with Gasteiger partial charge in [0.1, 0.15) is 0 Å². The van der Waals surface area contributed by atoms with Crippen molar-refractivity contribution in [3.05, 3.63) is 48.0 Å². The molecule has 0 saturated heterocycles. The van der Waals surface area contributed by atoms with Crippen LogP contribution in [0, 0.1) is 5.92 Å². The first-order chi connectivity index (χ1) is 11.6. The first kappa shape index (κ1) is 16.5. The summed E-state index contributed by atoms with van der Waals surface area (Å²) in [4.78, 5) is 23.0. The number of aryl methyl sites for hydroxylation is 1. The summed E-state index contributed by atoms with van der Waals surface area (Å²) in [6.07, 6.45) is 4.16. The number of rotatable bonds is 6. The highest BCUT2D eigenvalue weighted by Gasteiger charge is 2.30. The van der Waals surface area contributed by atoms with Crippen LogP contribution in [-0.2, 0) is 16.0 Å². The highest BCUT2D eigenvalue weighted by atomic mass is 16.4. The molecule has 0 radical (unpaired) electrons. The van der Waals surface area contributed by atoms with Gasteiger partial charge in [0.2, 0.25) is 5.91 Å². The van der Waals surface area contributed by atoms with Crippen LogP contribution in [0.2, 0.25) is 0 Å². The summed E-state index contributed by atoms with van der Waals surface area (Å²) in [6.45, 7) is 0. The predicted octanol–water partition coefficient (Wildman–Crippen LogP) is 3.53. The molecule has 0 heterocycles. The third kappa shape index (κ3) is 4.13. The first-order valence-electron chi connectivity index (χ1n) is 8.61. The van der Waals surface area contributed by atoms with E-state index >= 15 is 0 Å². The van der Waals surface area contributed by atoms with Crippen LogP contribution in [-0.4, -0.2) is 23.0 Å². The van der Waals surface area contributed by atoms with E-state index in [9.17, 15) is 9.59 Å². The number of carboxylic acid groups (broad SMARTS) is 1. The maximum Gasteiger partial charge on any atom is 0.306 e. The third-order valence-corrected chi connectivity index (χ3v) is 4.83. The molecule has 2 N–H and O–H groups in total. The van der Waals surface area contributed by atoms with Crippen molar-refractivity contribution in [2.24, 2.45) is 5.92 Å². The van der Waals surface area contributed by atoms with Crippen molar-refractivity contribution in [3.8, 4) is 0 Å². The standard InChI is InChI=1S/C20H23NO3/c22-19(21-18-11-10-17(13-18)20(23)24)7-3-4-14-8-9-15-5-1-2-6-16(15)12-14/h1-2,5-6,8-9,12,17-18H,3-4,7,10-11,13H2,(H,21,22)(H,23,24)/t17-,18+/m0/s1. The zero-order valence-corrected chi connectivity index (χ0v) is 13.7. The Balaban J connectivity index is 1.44. The van der Waals surface area contributed by atoms with Crippen LogP contribution < -0.4 is 5.32 Å². The van der Waals surface area contributed by atoms with Gasteiger partial charge in [-0.3, -0.25) is 9.59 Å². The van der Waals surface area contributed by atoms with Gasteiger partial charge in [-0.2, -0.15) is 0 Å². The lowest BCUT2D eigenvalue weighted by molar-refractivity contribution is -0.141. The van der Waals surface area contributed by atoms with E-state index in [0.717, 1.165) is 19.3 Å². The monoisotopic (exact) mass is 325 g/mol. The van der Waals surface area contributed by atoms with Crippen molar-refractivity contribution in [2.45, 2.75) is 44.6 Å². The number of hydrogen-bond donors (Lipinski definition) is 2. The highest BCUT2D eigenvalue weighted by molar-refractivity contribution is 5.83. The summed E-state index contributed by atoms with van der Waals surface area (Å²) in [7, 11) is 0. The smallest absolute Gasteiger partial charge is 0.306 e. The molecule has 126 valence electrons. The van der Waals surface area contributed by atoms with Crippen LogP contribution >= 0.6 is 0 Å². The maximum atomic E-state index is 12.0. The summed E-state index contributed by atoms with van der Waals surface area (Å²) in [5, 5.41) is 14.4. The van der Waals surface area contributed by atoms with Crippen LogP contribution in [0.1, 0.15) is 37.7 Å². The first-order valence-corrected chi connectivity index (χ1v) is 8.61. The molecule has 1 fully saturated rings. The number of carboxylic acids is 1. The average molecular weight is 325 g/mol. The van der Waals surface area contributed by atoms with Gasteiger partial charge in [-0.25, -0.2) is 0 Å². The molecular formula is C20H23NO3. The van der Waals surface area contributed by atoms with Crippen molar-refractivity contribution in [1.82, 2.24) is 5.32 Å². The van der Waals surface area contributed by atoms with Gasteiger partial charge in [0.25, 0.3) is 0 Å². The summed E-state index contributed by atoms with van der Waals surface area (Å²) < 4.78 is 0. The molecule has 4 heteroatoms. The van der Waals surface area contributed by atoms with Gasteiger partial charge in [-0.05, 0) is 48.4 Å². The Bertz CT molecular complexity index is 740. The van der Waals surface area contributed by atoms with Gasteiger partial charge in [0.05, 0.1) is 5.92 Å². The number of hydrogen-bond acceptors (Lipinski definition) is 2. The van der Waals surface area contributed by atoms with Crippen LogP contribution in [0.5, 0.6) is 0 Å². The Hall–Kier alpha value is -2.36. The van der Waals surface area contributed by atoms with Crippen molar-refractivity contribution >= 4 is 22.6 Å². The molecule has 1 aliphatic rings. The fourth-order valence-corrected chi connectivity index (χ4v) is 3.48. The fraction of sp³-hybridized carbons (Fsp3) is 0.400. The Morgan fingerprint density at radius 2 is 1.88 bits per heavy atom. The minimum Gasteiger partial charge on any atom is -0.481 e. The second-order valence-corrected chi connectivity index (χ2v) is 6.65. The van der Waals surface area contributed by atoms with E-state index < -0.39 is 5.97 Å². The summed E-state index contributed by atoms with van der Waals surface area (Å²) in [5.41, 5.74) is 1.24. The van der Waals surface area contributed by atoms with Gasteiger partial charge in [-0.15, -0.1) is 0 Å². The molecular weight excluding hydrogens is 302 g/mol. The molecule has 3 rings (SSSR count). The maximum absolute atomic E-state index is 12.0. The van der Waals surface area contributed by atoms with E-state index in [1.54, 1.807) is 0 Å². The molecule has 24 heavy (non-hydrogen) atoms. The predicted molar refractivity (Wildman–Crippen MR) is 93.8 cm³/mol. The van der Waals surface area contributed by atoms with E-state index in [4.69, 9.17) is 5.11 Å².